The van der Waals surface area contributed by atoms with Crippen molar-refractivity contribution in [3.63, 3.8) is 0 Å². The van der Waals surface area contributed by atoms with Crippen LogP contribution in [-0.2, 0) is 9.59 Å². The molecule has 1 fully saturated rings. The Labute approximate surface area is 150 Å². The molecule has 2 amide bonds. The quantitative estimate of drug-likeness (QED) is 0.594. The fourth-order valence-corrected chi connectivity index (χ4v) is 2.65. The average Bonchev–Trinajstić information content (AvgIpc) is 2.80. The van der Waals surface area contributed by atoms with Gasteiger partial charge in [0, 0.05) is 4.47 Å². The van der Waals surface area contributed by atoms with Crippen LogP contribution in [0.15, 0.2) is 52.5 Å². The van der Waals surface area contributed by atoms with Crippen LogP contribution in [0.2, 0.25) is 10.0 Å². The van der Waals surface area contributed by atoms with Crippen LogP contribution in [-0.4, -0.2) is 11.8 Å². The van der Waals surface area contributed by atoms with Gasteiger partial charge in [0.05, 0.1) is 15.7 Å². The summed E-state index contributed by atoms with van der Waals surface area (Å²) in [6.45, 7) is 0. The van der Waals surface area contributed by atoms with Gasteiger partial charge in [0.1, 0.15) is 5.57 Å². The molecule has 0 atom stereocenters. The van der Waals surface area contributed by atoms with Crippen LogP contribution in [0.5, 0.6) is 0 Å². The van der Waals surface area contributed by atoms with E-state index in [2.05, 4.69) is 21.4 Å². The molecule has 0 aliphatic carbocycles. The first kappa shape index (κ1) is 16.1. The lowest BCUT2D eigenvalue weighted by atomic mass is 10.1. The lowest BCUT2D eigenvalue weighted by molar-refractivity contribution is -0.117. The van der Waals surface area contributed by atoms with Gasteiger partial charge >= 0.3 is 0 Å². The Morgan fingerprint density at radius 1 is 1.00 bits per heavy atom. The molecule has 3 rings (SSSR count). The van der Waals surface area contributed by atoms with Crippen molar-refractivity contribution < 1.29 is 9.59 Å². The predicted molar refractivity (Wildman–Crippen MR) is 94.2 cm³/mol. The standard InChI is InChI=1S/C16H9BrCl2N2O2/c17-10-3-1-9(2-4-10)7-12-15(22)20-21(16(12)23)11-5-6-13(18)14(19)8-11/h1-8H,(H,20,22)/b12-7+. The van der Waals surface area contributed by atoms with E-state index < -0.39 is 11.8 Å². The second kappa shape index (κ2) is 6.35. The van der Waals surface area contributed by atoms with Gasteiger partial charge in [-0.1, -0.05) is 51.3 Å². The Hall–Kier alpha value is -1.82. The second-order valence-corrected chi connectivity index (χ2v) is 6.52. The fourth-order valence-electron chi connectivity index (χ4n) is 2.09. The highest BCUT2D eigenvalue weighted by Gasteiger charge is 2.34. The lowest BCUT2D eigenvalue weighted by Crippen LogP contribution is -2.35. The van der Waals surface area contributed by atoms with Gasteiger partial charge in [-0.15, -0.1) is 0 Å². The third-order valence-corrected chi connectivity index (χ3v) is 4.50. The zero-order chi connectivity index (χ0) is 16.6. The molecule has 0 aromatic heterocycles. The first-order chi connectivity index (χ1) is 11.0. The Kier molecular flexibility index (Phi) is 4.43. The average molecular weight is 412 g/mol. The van der Waals surface area contributed by atoms with E-state index in [1.54, 1.807) is 30.3 Å². The van der Waals surface area contributed by atoms with E-state index in [0.717, 1.165) is 15.0 Å². The summed E-state index contributed by atoms with van der Waals surface area (Å²) in [5, 5.41) is 1.82. The molecule has 1 aliphatic heterocycles. The van der Waals surface area contributed by atoms with Gasteiger partial charge in [-0.3, -0.25) is 15.0 Å². The molecule has 116 valence electrons. The van der Waals surface area contributed by atoms with E-state index in [1.807, 2.05) is 12.1 Å². The molecule has 7 heteroatoms. The van der Waals surface area contributed by atoms with E-state index in [0.29, 0.717) is 15.7 Å². The molecular weight excluding hydrogens is 403 g/mol. The van der Waals surface area contributed by atoms with Crippen molar-refractivity contribution in [3.8, 4) is 0 Å². The van der Waals surface area contributed by atoms with E-state index in [4.69, 9.17) is 23.2 Å². The number of halogens is 3. The highest BCUT2D eigenvalue weighted by Crippen LogP contribution is 2.29. The van der Waals surface area contributed by atoms with Crippen LogP contribution in [0.3, 0.4) is 0 Å². The van der Waals surface area contributed by atoms with Crippen LogP contribution >= 0.6 is 39.1 Å². The van der Waals surface area contributed by atoms with Crippen LogP contribution in [0.25, 0.3) is 6.08 Å². The third-order valence-electron chi connectivity index (χ3n) is 3.23. The number of nitrogens with one attached hydrogen (secondary N) is 1. The number of anilines is 1. The number of carbonyl (C=O) groups excluding carboxylic acids is 2. The number of hydrogen-bond acceptors (Lipinski definition) is 2. The summed E-state index contributed by atoms with van der Waals surface area (Å²) in [5.41, 5.74) is 3.76. The number of rotatable bonds is 2. The maximum atomic E-state index is 12.5. The molecule has 0 unspecified atom stereocenters. The zero-order valence-electron chi connectivity index (χ0n) is 11.5. The van der Waals surface area contributed by atoms with Gasteiger partial charge in [-0.25, -0.2) is 5.01 Å². The summed E-state index contributed by atoms with van der Waals surface area (Å²) in [5.74, 6) is -0.916. The number of hydrazine groups is 1. The largest absolute Gasteiger partial charge is 0.282 e. The molecule has 1 aliphatic rings. The maximum Gasteiger partial charge on any atom is 0.282 e. The van der Waals surface area contributed by atoms with Crippen LogP contribution in [0.4, 0.5) is 5.69 Å². The van der Waals surface area contributed by atoms with E-state index >= 15 is 0 Å². The lowest BCUT2D eigenvalue weighted by Gasteiger charge is -2.15. The van der Waals surface area contributed by atoms with Crippen molar-refractivity contribution in [1.82, 2.24) is 5.43 Å². The van der Waals surface area contributed by atoms with Gasteiger partial charge < -0.3 is 0 Å². The van der Waals surface area contributed by atoms with Crippen molar-refractivity contribution in [1.29, 1.82) is 0 Å². The van der Waals surface area contributed by atoms with Gasteiger partial charge in [0.15, 0.2) is 0 Å². The molecule has 0 bridgehead atoms. The molecule has 1 heterocycles. The zero-order valence-corrected chi connectivity index (χ0v) is 14.6. The van der Waals surface area contributed by atoms with E-state index in [-0.39, 0.29) is 5.57 Å². The Morgan fingerprint density at radius 2 is 1.70 bits per heavy atom. The Morgan fingerprint density at radius 3 is 2.35 bits per heavy atom. The molecule has 4 nitrogen and oxygen atoms in total. The smallest absolute Gasteiger partial charge is 0.267 e. The maximum absolute atomic E-state index is 12.5. The SMILES string of the molecule is O=C1NN(c2ccc(Cl)c(Cl)c2)C(=O)/C1=C/c1ccc(Br)cc1. The summed E-state index contributed by atoms with van der Waals surface area (Å²) in [6.07, 6.45) is 1.54. The Balaban J connectivity index is 1.93. The molecule has 0 spiro atoms. The summed E-state index contributed by atoms with van der Waals surface area (Å²) in [7, 11) is 0. The molecule has 0 radical (unpaired) electrons. The molecule has 2 aromatic carbocycles. The first-order valence-corrected chi connectivity index (χ1v) is 8.08. The highest BCUT2D eigenvalue weighted by molar-refractivity contribution is 9.10. The van der Waals surface area contributed by atoms with Crippen molar-refractivity contribution in [2.75, 3.05) is 5.01 Å². The predicted octanol–water partition coefficient (Wildman–Crippen LogP) is 4.22. The van der Waals surface area contributed by atoms with Gasteiger partial charge in [-0.2, -0.15) is 0 Å². The number of hydrogen-bond donors (Lipinski definition) is 1. The van der Waals surface area contributed by atoms with E-state index in [9.17, 15) is 9.59 Å². The van der Waals surface area contributed by atoms with Crippen LogP contribution in [0.1, 0.15) is 5.56 Å². The monoisotopic (exact) mass is 410 g/mol. The van der Waals surface area contributed by atoms with Crippen LogP contribution < -0.4 is 10.4 Å². The molecule has 2 aromatic rings. The third kappa shape index (κ3) is 3.27. The summed E-state index contributed by atoms with van der Waals surface area (Å²) in [4.78, 5) is 24.6. The summed E-state index contributed by atoms with van der Waals surface area (Å²) < 4.78 is 0.916. The molecule has 0 saturated carbocycles. The molecule has 23 heavy (non-hydrogen) atoms. The van der Waals surface area contributed by atoms with E-state index in [1.165, 1.54) is 6.07 Å². The Bertz CT molecular complexity index is 834. The molecule has 1 N–H and O–H groups in total. The summed E-state index contributed by atoms with van der Waals surface area (Å²) >= 11 is 15.2. The van der Waals surface area contributed by atoms with Gasteiger partial charge in [0.25, 0.3) is 11.8 Å². The minimum atomic E-state index is -0.469. The second-order valence-electron chi connectivity index (χ2n) is 4.79. The minimum Gasteiger partial charge on any atom is -0.267 e. The fraction of sp³-hybridized carbons (Fsp3) is 0. The molecule has 1 saturated heterocycles. The van der Waals surface area contributed by atoms with Crippen molar-refractivity contribution in [3.05, 3.63) is 68.1 Å². The highest BCUT2D eigenvalue weighted by atomic mass is 79.9. The normalized spacial score (nSPS) is 16.1. The number of amides is 2. The van der Waals surface area contributed by atoms with Crippen molar-refractivity contribution in [2.45, 2.75) is 0 Å². The first-order valence-electron chi connectivity index (χ1n) is 6.53. The topological polar surface area (TPSA) is 49.4 Å². The number of nitrogens with zero attached hydrogens (tertiary/aromatic N) is 1. The number of benzene rings is 2. The molecular formula is C16H9BrCl2N2O2. The number of carbonyl (C=O) groups is 2. The van der Waals surface area contributed by atoms with Crippen LogP contribution in [0, 0.1) is 0 Å². The van der Waals surface area contributed by atoms with Crippen molar-refractivity contribution >= 4 is 62.7 Å². The minimum absolute atomic E-state index is 0.0541. The van der Waals surface area contributed by atoms with Crippen molar-refractivity contribution in [2.24, 2.45) is 0 Å². The summed E-state index contributed by atoms with van der Waals surface area (Å²) in [6, 6.07) is 12.0. The van der Waals surface area contributed by atoms with Gasteiger partial charge in [-0.05, 0) is 42.0 Å². The van der Waals surface area contributed by atoms with Gasteiger partial charge in [0.2, 0.25) is 0 Å².